The molecular weight excluding hydrogens is 409 g/mol. The first kappa shape index (κ1) is 21.0. The zero-order chi connectivity index (χ0) is 22.2. The molecule has 3 aromatic rings. The van der Waals surface area contributed by atoms with Gasteiger partial charge in [0.15, 0.2) is 11.5 Å². The van der Waals surface area contributed by atoms with Gasteiger partial charge in [-0.05, 0) is 24.1 Å². The molecular formula is C23H21F3N2O3. The summed E-state index contributed by atoms with van der Waals surface area (Å²) in [4.78, 5) is 12.8. The lowest BCUT2D eigenvalue weighted by Gasteiger charge is -2.31. The van der Waals surface area contributed by atoms with Crippen molar-refractivity contribution in [3.63, 3.8) is 0 Å². The molecule has 2 aromatic carbocycles. The van der Waals surface area contributed by atoms with E-state index >= 15 is 0 Å². The van der Waals surface area contributed by atoms with E-state index in [4.69, 9.17) is 9.47 Å². The highest BCUT2D eigenvalue weighted by atomic mass is 19.4. The molecule has 0 bridgehead atoms. The van der Waals surface area contributed by atoms with Gasteiger partial charge in [0.25, 0.3) is 0 Å². The zero-order valence-corrected chi connectivity index (χ0v) is 17.0. The molecule has 4 rings (SSSR count). The molecule has 0 saturated carbocycles. The van der Waals surface area contributed by atoms with Crippen molar-refractivity contribution in [1.82, 2.24) is 9.78 Å². The van der Waals surface area contributed by atoms with Crippen LogP contribution >= 0.6 is 0 Å². The minimum absolute atomic E-state index is 0.0197. The number of nitrogens with zero attached hydrogens (tertiary/aromatic N) is 2. The van der Waals surface area contributed by atoms with Crippen molar-refractivity contribution in [1.29, 1.82) is 0 Å². The fourth-order valence-corrected chi connectivity index (χ4v) is 4.01. The van der Waals surface area contributed by atoms with Crippen LogP contribution in [-0.2, 0) is 13.2 Å². The predicted molar refractivity (Wildman–Crippen MR) is 107 cm³/mol. The highest BCUT2D eigenvalue weighted by Crippen LogP contribution is 2.47. The number of ketones is 1. The number of rotatable bonds is 5. The van der Waals surface area contributed by atoms with Crippen LogP contribution < -0.4 is 9.47 Å². The first-order valence-electron chi connectivity index (χ1n) is 9.81. The summed E-state index contributed by atoms with van der Waals surface area (Å²) in [7, 11) is 2.93. The molecule has 2 atom stereocenters. The van der Waals surface area contributed by atoms with Gasteiger partial charge in [-0.25, -0.2) is 4.68 Å². The summed E-state index contributed by atoms with van der Waals surface area (Å²) in [6, 6.07) is 15.7. The number of hydrogen-bond acceptors (Lipinski definition) is 4. The Kier molecular flexibility index (Phi) is 5.47. The summed E-state index contributed by atoms with van der Waals surface area (Å²) in [6.45, 7) is 0. The highest BCUT2D eigenvalue weighted by molar-refractivity contribution is 5.96. The molecule has 1 aliphatic rings. The second-order valence-electron chi connectivity index (χ2n) is 7.49. The van der Waals surface area contributed by atoms with Crippen LogP contribution in [0.4, 0.5) is 13.2 Å². The number of hydrogen-bond donors (Lipinski definition) is 0. The maximum atomic E-state index is 13.7. The van der Waals surface area contributed by atoms with Crippen LogP contribution in [0, 0.1) is 0 Å². The Bertz CT molecular complexity index is 1090. The number of carbonyl (C=O) groups excluding carboxylic acids is 1. The van der Waals surface area contributed by atoms with Crippen molar-refractivity contribution in [3.8, 4) is 11.6 Å². The van der Waals surface area contributed by atoms with Crippen molar-refractivity contribution >= 4 is 5.78 Å². The lowest BCUT2D eigenvalue weighted by molar-refractivity contribution is -0.142. The second kappa shape index (κ2) is 8.09. The lowest BCUT2D eigenvalue weighted by Crippen LogP contribution is -2.30. The first-order valence-corrected chi connectivity index (χ1v) is 9.81. The Morgan fingerprint density at radius 3 is 2.61 bits per heavy atom. The van der Waals surface area contributed by atoms with Crippen molar-refractivity contribution in [2.24, 2.45) is 7.05 Å². The highest BCUT2D eigenvalue weighted by Gasteiger charge is 2.45. The first-order chi connectivity index (χ1) is 14.8. The number of carbonyl (C=O) groups is 1. The number of halogens is 3. The number of ether oxygens (including phenoxy) is 2. The maximum Gasteiger partial charge on any atom is 0.435 e. The van der Waals surface area contributed by atoms with E-state index in [0.29, 0.717) is 11.3 Å². The predicted octanol–water partition coefficient (Wildman–Crippen LogP) is 5.00. The summed E-state index contributed by atoms with van der Waals surface area (Å²) >= 11 is 0. The number of aryl methyl sites for hydroxylation is 1. The van der Waals surface area contributed by atoms with E-state index in [9.17, 15) is 18.0 Å². The van der Waals surface area contributed by atoms with E-state index < -0.39 is 23.9 Å². The number of aromatic nitrogens is 2. The van der Waals surface area contributed by atoms with Gasteiger partial charge in [0.05, 0.1) is 12.7 Å². The van der Waals surface area contributed by atoms with E-state index in [0.717, 1.165) is 10.2 Å². The molecule has 2 heterocycles. The normalized spacial score (nSPS) is 18.2. The van der Waals surface area contributed by atoms with Gasteiger partial charge in [0, 0.05) is 24.9 Å². The molecule has 0 spiro atoms. The van der Waals surface area contributed by atoms with E-state index in [1.54, 1.807) is 54.6 Å². The van der Waals surface area contributed by atoms with E-state index in [1.165, 1.54) is 14.2 Å². The van der Waals surface area contributed by atoms with Gasteiger partial charge < -0.3 is 9.47 Å². The van der Waals surface area contributed by atoms with Crippen LogP contribution in [-0.4, -0.2) is 28.8 Å². The Morgan fingerprint density at radius 1 is 1.19 bits per heavy atom. The lowest BCUT2D eigenvalue weighted by atomic mass is 9.83. The Labute approximate surface area is 177 Å². The van der Waals surface area contributed by atoms with Gasteiger partial charge in [0.2, 0.25) is 5.88 Å². The molecule has 31 heavy (non-hydrogen) atoms. The van der Waals surface area contributed by atoms with Crippen LogP contribution in [0.25, 0.3) is 0 Å². The number of alkyl halides is 3. The monoisotopic (exact) mass is 430 g/mol. The van der Waals surface area contributed by atoms with Gasteiger partial charge in [0.1, 0.15) is 11.9 Å². The second-order valence-corrected chi connectivity index (χ2v) is 7.49. The third-order valence-corrected chi connectivity index (χ3v) is 5.43. The Hall–Kier alpha value is -3.29. The van der Waals surface area contributed by atoms with Crippen molar-refractivity contribution < 1.29 is 27.4 Å². The van der Waals surface area contributed by atoms with Gasteiger partial charge in [-0.3, -0.25) is 4.79 Å². The van der Waals surface area contributed by atoms with Gasteiger partial charge in [-0.1, -0.05) is 42.5 Å². The smallest absolute Gasteiger partial charge is 0.435 e. The number of fused-ring (bicyclic) bond motifs is 1. The van der Waals surface area contributed by atoms with E-state index in [1.807, 2.05) is 0 Å². The summed E-state index contributed by atoms with van der Waals surface area (Å²) < 4.78 is 53.2. The standard InChI is InChI=1S/C23H21F3N2O3/c1-28-22-20(21(27-28)23(24,25)26)18(14-7-4-3-5-8-14)12-17(31-22)13-19(29)15-9-6-10-16(11-15)30-2/h3-11,17-18H,12-13H2,1-2H3/t17-,18+/m0/s1. The minimum atomic E-state index is -4.61. The average Bonchev–Trinajstić information content (AvgIpc) is 3.11. The fourth-order valence-electron chi connectivity index (χ4n) is 4.01. The van der Waals surface area contributed by atoms with Crippen molar-refractivity contribution in [2.75, 3.05) is 7.11 Å². The number of benzene rings is 2. The van der Waals surface area contributed by atoms with Crippen LogP contribution in [0.3, 0.4) is 0 Å². The van der Waals surface area contributed by atoms with Crippen molar-refractivity contribution in [2.45, 2.75) is 31.0 Å². The van der Waals surface area contributed by atoms with E-state index in [2.05, 4.69) is 5.10 Å². The maximum absolute atomic E-state index is 13.7. The third kappa shape index (κ3) is 4.15. The van der Waals surface area contributed by atoms with E-state index in [-0.39, 0.29) is 30.1 Å². The molecule has 162 valence electrons. The largest absolute Gasteiger partial charge is 0.497 e. The van der Waals surface area contributed by atoms with Gasteiger partial charge in [-0.2, -0.15) is 18.3 Å². The SMILES string of the molecule is COc1cccc(C(=O)C[C@@H]2C[C@H](c3ccccc3)c3c(C(F)(F)F)nn(C)c3O2)c1. The molecule has 5 nitrogen and oxygen atoms in total. The third-order valence-electron chi connectivity index (χ3n) is 5.43. The Morgan fingerprint density at radius 2 is 1.94 bits per heavy atom. The van der Waals surface area contributed by atoms with Gasteiger partial charge >= 0.3 is 6.18 Å². The van der Waals surface area contributed by atoms with Crippen LogP contribution in [0.5, 0.6) is 11.6 Å². The number of Topliss-reactive ketones (excluding diaryl/α,β-unsaturated/α-hetero) is 1. The molecule has 0 radical (unpaired) electrons. The summed E-state index contributed by atoms with van der Waals surface area (Å²) in [6.07, 6.45) is -4.93. The average molecular weight is 430 g/mol. The summed E-state index contributed by atoms with van der Waals surface area (Å²) in [5, 5.41) is 3.70. The van der Waals surface area contributed by atoms with Crippen LogP contribution in [0.2, 0.25) is 0 Å². The topological polar surface area (TPSA) is 53.3 Å². The summed E-state index contributed by atoms with van der Waals surface area (Å²) in [5.74, 6) is -0.145. The molecule has 1 aliphatic heterocycles. The molecule has 0 N–H and O–H groups in total. The van der Waals surface area contributed by atoms with Crippen molar-refractivity contribution in [3.05, 3.63) is 77.0 Å². The molecule has 0 saturated heterocycles. The molecule has 0 aliphatic carbocycles. The minimum Gasteiger partial charge on any atom is -0.497 e. The molecule has 0 amide bonds. The van der Waals surface area contributed by atoms with Crippen LogP contribution in [0.15, 0.2) is 54.6 Å². The van der Waals surface area contributed by atoms with Crippen LogP contribution in [0.1, 0.15) is 45.9 Å². The number of methoxy groups -OCH3 is 1. The summed E-state index contributed by atoms with van der Waals surface area (Å²) in [5.41, 5.74) is 0.262. The molecule has 0 fully saturated rings. The molecule has 1 aromatic heterocycles. The fraction of sp³-hybridized carbons (Fsp3) is 0.304. The molecule has 0 unspecified atom stereocenters. The molecule has 8 heteroatoms. The van der Waals surface area contributed by atoms with Gasteiger partial charge in [-0.15, -0.1) is 0 Å². The quantitative estimate of drug-likeness (QED) is 0.535. The zero-order valence-electron chi connectivity index (χ0n) is 17.0. The Balaban J connectivity index is 1.69.